The van der Waals surface area contributed by atoms with Gasteiger partial charge < -0.3 is 24.4 Å². The Kier molecular flexibility index (Phi) is 7.83. The molecule has 3 aliphatic rings. The number of likely N-dealkylation sites (tertiary alicyclic amines) is 1. The first-order valence-corrected chi connectivity index (χ1v) is 12.1. The highest BCUT2D eigenvalue weighted by Crippen LogP contribution is 2.60. The smallest absolute Gasteiger partial charge is 0.312 e. The highest BCUT2D eigenvalue weighted by Gasteiger charge is 2.77. The van der Waals surface area contributed by atoms with Gasteiger partial charge in [-0.2, -0.15) is 0 Å². The Morgan fingerprint density at radius 2 is 2.09 bits per heavy atom. The fourth-order valence-corrected chi connectivity index (χ4v) is 6.34. The summed E-state index contributed by atoms with van der Waals surface area (Å²) >= 11 is 3.62. The summed E-state index contributed by atoms with van der Waals surface area (Å²) in [5, 5.41) is 9.22. The number of amides is 2. The van der Waals surface area contributed by atoms with Crippen LogP contribution >= 0.6 is 15.9 Å². The van der Waals surface area contributed by atoms with Gasteiger partial charge in [0.25, 0.3) is 0 Å². The number of esters is 1. The van der Waals surface area contributed by atoms with Crippen molar-refractivity contribution in [2.45, 2.75) is 61.7 Å². The molecule has 0 aliphatic carbocycles. The summed E-state index contributed by atoms with van der Waals surface area (Å²) in [6.45, 7) is 11.9. The zero-order valence-corrected chi connectivity index (χ0v) is 20.3. The van der Waals surface area contributed by atoms with Gasteiger partial charge in [0, 0.05) is 30.6 Å². The van der Waals surface area contributed by atoms with Crippen LogP contribution in [0.2, 0.25) is 0 Å². The summed E-state index contributed by atoms with van der Waals surface area (Å²) in [4.78, 5) is 43.5. The summed E-state index contributed by atoms with van der Waals surface area (Å²) in [5.74, 6) is -2.54. The summed E-state index contributed by atoms with van der Waals surface area (Å²) in [5.41, 5.74) is -1.10. The summed E-state index contributed by atoms with van der Waals surface area (Å²) in [6.07, 6.45) is 4.11. The van der Waals surface area contributed by atoms with E-state index >= 15 is 0 Å². The fraction of sp³-hybridized carbons (Fsp3) is 0.696. The third-order valence-corrected chi connectivity index (χ3v) is 7.52. The van der Waals surface area contributed by atoms with E-state index in [0.717, 1.165) is 0 Å². The second-order valence-electron chi connectivity index (χ2n) is 8.92. The molecule has 6 atom stereocenters. The van der Waals surface area contributed by atoms with Crippen LogP contribution in [0.1, 0.15) is 33.1 Å². The van der Waals surface area contributed by atoms with Crippen LogP contribution in [0.5, 0.6) is 0 Å². The molecule has 9 heteroatoms. The number of ether oxygens (including phenoxy) is 2. The molecular formula is C23H33BrN2O6. The zero-order valence-electron chi connectivity index (χ0n) is 18.7. The van der Waals surface area contributed by atoms with Crippen molar-refractivity contribution in [1.29, 1.82) is 0 Å². The van der Waals surface area contributed by atoms with E-state index in [1.807, 2.05) is 13.8 Å². The van der Waals surface area contributed by atoms with Crippen molar-refractivity contribution >= 4 is 33.7 Å². The molecule has 1 N–H and O–H groups in total. The van der Waals surface area contributed by atoms with E-state index in [1.165, 1.54) is 6.08 Å². The lowest BCUT2D eigenvalue weighted by Gasteiger charge is -2.38. The molecule has 0 aromatic heterocycles. The summed E-state index contributed by atoms with van der Waals surface area (Å²) < 4.78 is 11.7. The van der Waals surface area contributed by atoms with Gasteiger partial charge in [-0.1, -0.05) is 34.7 Å². The van der Waals surface area contributed by atoms with Gasteiger partial charge >= 0.3 is 5.97 Å². The molecule has 0 saturated carbocycles. The van der Waals surface area contributed by atoms with E-state index in [4.69, 9.17) is 9.47 Å². The number of aliphatic hydroxyl groups is 1. The van der Waals surface area contributed by atoms with Gasteiger partial charge in [0.2, 0.25) is 11.8 Å². The molecule has 3 saturated heterocycles. The molecule has 2 bridgehead atoms. The van der Waals surface area contributed by atoms with Crippen molar-refractivity contribution in [1.82, 2.24) is 9.80 Å². The highest BCUT2D eigenvalue weighted by molar-refractivity contribution is 9.09. The maximum atomic E-state index is 13.9. The quantitative estimate of drug-likeness (QED) is 0.196. The Bertz CT molecular complexity index is 774. The van der Waals surface area contributed by atoms with E-state index in [2.05, 4.69) is 29.1 Å². The third-order valence-electron chi connectivity index (χ3n) is 6.68. The molecule has 0 aromatic carbocycles. The molecule has 3 rings (SSSR count). The molecule has 0 aromatic rings. The van der Waals surface area contributed by atoms with Gasteiger partial charge in [0.15, 0.2) is 0 Å². The highest BCUT2D eigenvalue weighted by atomic mass is 79.9. The fourth-order valence-electron chi connectivity index (χ4n) is 5.40. The molecule has 178 valence electrons. The van der Waals surface area contributed by atoms with Gasteiger partial charge in [0.1, 0.15) is 18.2 Å². The third kappa shape index (κ3) is 4.03. The first-order valence-electron chi connectivity index (χ1n) is 11.2. The van der Waals surface area contributed by atoms with Crippen LogP contribution in [0.4, 0.5) is 0 Å². The Morgan fingerprint density at radius 1 is 1.38 bits per heavy atom. The topological polar surface area (TPSA) is 96.4 Å². The molecule has 32 heavy (non-hydrogen) atoms. The van der Waals surface area contributed by atoms with Crippen molar-refractivity contribution < 1.29 is 29.0 Å². The second-order valence-corrected chi connectivity index (χ2v) is 10.1. The normalized spacial score (nSPS) is 32.8. The first kappa shape index (κ1) is 24.9. The molecule has 3 fully saturated rings. The van der Waals surface area contributed by atoms with Crippen LogP contribution in [0.3, 0.4) is 0 Å². The van der Waals surface area contributed by atoms with E-state index in [1.54, 1.807) is 15.9 Å². The van der Waals surface area contributed by atoms with Crippen molar-refractivity contribution in [3.8, 4) is 0 Å². The predicted molar refractivity (Wildman–Crippen MR) is 122 cm³/mol. The number of carbonyl (C=O) groups excluding carboxylic acids is 3. The Balaban J connectivity index is 2.02. The molecule has 3 aliphatic heterocycles. The Labute approximate surface area is 197 Å². The summed E-state index contributed by atoms with van der Waals surface area (Å²) in [6, 6.07) is -0.944. The lowest BCUT2D eigenvalue weighted by molar-refractivity contribution is -0.154. The number of nitrogens with zero attached hydrogens (tertiary/aromatic N) is 2. The van der Waals surface area contributed by atoms with Crippen molar-refractivity contribution in [3.05, 3.63) is 25.3 Å². The lowest BCUT2D eigenvalue weighted by Crippen LogP contribution is -2.58. The molecule has 2 amide bonds. The molecule has 8 nitrogen and oxygen atoms in total. The summed E-state index contributed by atoms with van der Waals surface area (Å²) in [7, 11) is 0. The Hall–Kier alpha value is -1.71. The first-order chi connectivity index (χ1) is 15.2. The van der Waals surface area contributed by atoms with Gasteiger partial charge in [0.05, 0.1) is 17.9 Å². The molecule has 3 unspecified atom stereocenters. The molecule has 0 radical (unpaired) electrons. The SMILES string of the molecule is C=CCOC(=O)[C@H]1[C@@H]2OC3(CC2Br)C(C(=O)N(CC=C)C(C)C)N(CCCCO)C(=O)[C@H]13. The average Bonchev–Trinajstić information content (AvgIpc) is 3.33. The molecule has 3 heterocycles. The van der Waals surface area contributed by atoms with Crippen LogP contribution in [0, 0.1) is 11.8 Å². The largest absolute Gasteiger partial charge is 0.461 e. The van der Waals surface area contributed by atoms with Crippen molar-refractivity contribution in [3.63, 3.8) is 0 Å². The minimum atomic E-state index is -1.10. The second kappa shape index (κ2) is 10.1. The van der Waals surface area contributed by atoms with Crippen LogP contribution in [0.15, 0.2) is 25.3 Å². The van der Waals surface area contributed by atoms with Crippen LogP contribution < -0.4 is 0 Å². The number of alkyl halides is 1. The van der Waals surface area contributed by atoms with Crippen LogP contribution in [-0.2, 0) is 23.9 Å². The van der Waals surface area contributed by atoms with Crippen LogP contribution in [-0.4, -0.2) is 87.6 Å². The molecule has 1 spiro atoms. The number of rotatable bonds is 11. The zero-order chi connectivity index (χ0) is 23.6. The monoisotopic (exact) mass is 512 g/mol. The number of unbranched alkanes of at least 4 members (excludes halogenated alkanes) is 1. The van der Waals surface area contributed by atoms with Gasteiger partial charge in [-0.05, 0) is 33.1 Å². The average molecular weight is 513 g/mol. The van der Waals surface area contributed by atoms with Crippen molar-refractivity contribution in [2.24, 2.45) is 11.8 Å². The van der Waals surface area contributed by atoms with Crippen molar-refractivity contribution in [2.75, 3.05) is 26.3 Å². The number of aliphatic hydroxyl groups excluding tert-OH is 1. The number of fused-ring (bicyclic) bond motifs is 1. The number of hydrogen-bond acceptors (Lipinski definition) is 6. The van der Waals surface area contributed by atoms with E-state index in [0.29, 0.717) is 32.4 Å². The van der Waals surface area contributed by atoms with E-state index in [9.17, 15) is 19.5 Å². The van der Waals surface area contributed by atoms with Crippen LogP contribution in [0.25, 0.3) is 0 Å². The van der Waals surface area contributed by atoms with Gasteiger partial charge in [-0.25, -0.2) is 0 Å². The van der Waals surface area contributed by atoms with Gasteiger partial charge in [-0.3, -0.25) is 14.4 Å². The lowest BCUT2D eigenvalue weighted by atomic mass is 9.70. The minimum absolute atomic E-state index is 0.00233. The van der Waals surface area contributed by atoms with Gasteiger partial charge in [-0.15, -0.1) is 6.58 Å². The Morgan fingerprint density at radius 3 is 2.69 bits per heavy atom. The number of carbonyl (C=O) groups is 3. The maximum absolute atomic E-state index is 13.9. The predicted octanol–water partition coefficient (Wildman–Crippen LogP) is 1.66. The standard InChI is InChI=1S/C23H33BrN2O6/c1-5-9-25(14(3)4)21(29)19-23-13-15(24)18(32-23)16(22(30)31-12-6-2)17(23)20(28)26(19)10-7-8-11-27/h5-6,14-19,27H,1-2,7-13H2,3-4H3/t15?,16-,17+,18-,19?,23?/m1/s1. The number of halogens is 1. The maximum Gasteiger partial charge on any atom is 0.312 e. The molecular weight excluding hydrogens is 480 g/mol. The van der Waals surface area contributed by atoms with E-state index in [-0.39, 0.29) is 35.9 Å². The minimum Gasteiger partial charge on any atom is -0.461 e. The number of hydrogen-bond donors (Lipinski definition) is 1. The van der Waals surface area contributed by atoms with E-state index < -0.39 is 35.6 Å².